The first-order chi connectivity index (χ1) is 16.2. The highest BCUT2D eigenvalue weighted by molar-refractivity contribution is 5.95. The number of aromatic nitrogens is 3. The summed E-state index contributed by atoms with van der Waals surface area (Å²) >= 11 is 0. The van der Waals surface area contributed by atoms with E-state index in [2.05, 4.69) is 10.1 Å². The van der Waals surface area contributed by atoms with Crippen LogP contribution in [0.2, 0.25) is 0 Å². The van der Waals surface area contributed by atoms with E-state index in [9.17, 15) is 18.0 Å². The van der Waals surface area contributed by atoms with E-state index in [1.54, 1.807) is 4.90 Å². The van der Waals surface area contributed by atoms with Crippen molar-refractivity contribution in [3.8, 4) is 5.82 Å². The lowest BCUT2D eigenvalue weighted by Crippen LogP contribution is -2.41. The number of benzene rings is 1. The summed E-state index contributed by atoms with van der Waals surface area (Å²) in [4.78, 5) is 19.0. The van der Waals surface area contributed by atoms with Gasteiger partial charge in [0.2, 0.25) is 0 Å². The average Bonchev–Trinajstić information content (AvgIpc) is 3.28. The molecule has 4 rings (SSSR count). The fraction of sp³-hybridized carbons (Fsp3) is 0.400. The number of halogens is 3. The van der Waals surface area contributed by atoms with E-state index in [1.807, 2.05) is 44.2 Å². The number of nitrogens with zero attached hydrogens (tertiary/aromatic N) is 4. The quantitative estimate of drug-likeness (QED) is 0.493. The number of ether oxygens (including phenoxy) is 1. The molecule has 1 aromatic carbocycles. The fourth-order valence-electron chi connectivity index (χ4n) is 4.12. The summed E-state index contributed by atoms with van der Waals surface area (Å²) in [7, 11) is 0. The van der Waals surface area contributed by atoms with Gasteiger partial charge in [0.1, 0.15) is 0 Å². The van der Waals surface area contributed by atoms with Crippen LogP contribution < -0.4 is 0 Å². The molecule has 0 bridgehead atoms. The summed E-state index contributed by atoms with van der Waals surface area (Å²) in [6.07, 6.45) is -0.631. The molecule has 1 amide bonds. The third-order valence-electron chi connectivity index (χ3n) is 5.93. The van der Waals surface area contributed by atoms with Crippen molar-refractivity contribution in [2.45, 2.75) is 51.5 Å². The maximum Gasteiger partial charge on any atom is 0.417 e. The Morgan fingerprint density at radius 3 is 2.38 bits per heavy atom. The molecule has 3 heterocycles. The van der Waals surface area contributed by atoms with Gasteiger partial charge in [-0.05, 0) is 36.5 Å². The Kier molecular flexibility index (Phi) is 7.02. The molecule has 180 valence electrons. The van der Waals surface area contributed by atoms with Crippen molar-refractivity contribution < 1.29 is 22.7 Å². The van der Waals surface area contributed by atoms with Gasteiger partial charge in [0.15, 0.2) is 5.82 Å². The van der Waals surface area contributed by atoms with Crippen molar-refractivity contribution >= 4 is 5.91 Å². The number of likely N-dealkylation sites (tertiary alicyclic amines) is 1. The highest BCUT2D eigenvalue weighted by atomic mass is 19.4. The number of alkyl halides is 3. The summed E-state index contributed by atoms with van der Waals surface area (Å²) in [5, 5.41) is 4.29. The van der Waals surface area contributed by atoms with Crippen LogP contribution in [0.5, 0.6) is 0 Å². The molecule has 34 heavy (non-hydrogen) atoms. The first-order valence-electron chi connectivity index (χ1n) is 11.3. The lowest BCUT2D eigenvalue weighted by atomic mass is 10.0. The van der Waals surface area contributed by atoms with Crippen LogP contribution in [0.15, 0.2) is 54.9 Å². The van der Waals surface area contributed by atoms with Gasteiger partial charge in [-0.1, -0.05) is 44.2 Å². The molecule has 0 N–H and O–H groups in total. The standard InChI is InChI=1S/C25H27F3N4O2/c1-17(2)23-21(15-30-32(23)22-9-8-19(14-29-22)25(26,27)28)24(33)31-12-10-20(11-13-31)34-16-18-6-4-3-5-7-18/h3-9,14-15,17,20H,10-13,16H2,1-2H3. The van der Waals surface area contributed by atoms with Crippen LogP contribution in [0, 0.1) is 0 Å². The molecule has 0 aliphatic carbocycles. The van der Waals surface area contributed by atoms with Gasteiger partial charge in [-0.2, -0.15) is 18.3 Å². The van der Waals surface area contributed by atoms with Crippen molar-refractivity contribution in [2.75, 3.05) is 13.1 Å². The van der Waals surface area contributed by atoms with E-state index in [1.165, 1.54) is 16.9 Å². The summed E-state index contributed by atoms with van der Waals surface area (Å²) < 4.78 is 46.1. The van der Waals surface area contributed by atoms with Crippen LogP contribution in [-0.2, 0) is 17.5 Å². The number of carbonyl (C=O) groups is 1. The van der Waals surface area contributed by atoms with Gasteiger partial charge in [-0.25, -0.2) is 9.67 Å². The minimum atomic E-state index is -4.46. The fourth-order valence-corrected chi connectivity index (χ4v) is 4.12. The van der Waals surface area contributed by atoms with E-state index in [-0.39, 0.29) is 23.7 Å². The molecule has 1 fully saturated rings. The van der Waals surface area contributed by atoms with Gasteiger partial charge in [-0.3, -0.25) is 4.79 Å². The molecular formula is C25H27F3N4O2. The van der Waals surface area contributed by atoms with Crippen LogP contribution in [0.3, 0.4) is 0 Å². The Morgan fingerprint density at radius 1 is 1.09 bits per heavy atom. The van der Waals surface area contributed by atoms with Gasteiger partial charge < -0.3 is 9.64 Å². The molecule has 0 saturated carbocycles. The van der Waals surface area contributed by atoms with Crippen molar-refractivity contribution in [3.63, 3.8) is 0 Å². The molecule has 1 saturated heterocycles. The number of hydrogen-bond acceptors (Lipinski definition) is 4. The second-order valence-electron chi connectivity index (χ2n) is 8.70. The van der Waals surface area contributed by atoms with Crippen LogP contribution in [0.1, 0.15) is 59.8 Å². The second kappa shape index (κ2) is 9.97. The molecule has 0 unspecified atom stereocenters. The van der Waals surface area contributed by atoms with Crippen LogP contribution in [0.4, 0.5) is 13.2 Å². The first-order valence-corrected chi connectivity index (χ1v) is 11.3. The third-order valence-corrected chi connectivity index (χ3v) is 5.93. The molecule has 9 heteroatoms. The summed E-state index contributed by atoms with van der Waals surface area (Å²) in [6, 6.07) is 12.2. The molecule has 0 radical (unpaired) electrons. The smallest absolute Gasteiger partial charge is 0.373 e. The van der Waals surface area contributed by atoms with E-state index < -0.39 is 11.7 Å². The average molecular weight is 473 g/mol. The molecular weight excluding hydrogens is 445 g/mol. The zero-order valence-electron chi connectivity index (χ0n) is 19.1. The molecule has 1 aliphatic heterocycles. The maximum absolute atomic E-state index is 13.3. The SMILES string of the molecule is CC(C)c1c(C(=O)N2CCC(OCc3ccccc3)CC2)cnn1-c1ccc(C(F)(F)F)cn1. The van der Waals surface area contributed by atoms with Gasteiger partial charge in [0.25, 0.3) is 5.91 Å². The second-order valence-corrected chi connectivity index (χ2v) is 8.70. The lowest BCUT2D eigenvalue weighted by molar-refractivity contribution is -0.137. The highest BCUT2D eigenvalue weighted by Crippen LogP contribution is 2.30. The minimum Gasteiger partial charge on any atom is -0.373 e. The van der Waals surface area contributed by atoms with Crippen LogP contribution in [-0.4, -0.2) is 44.8 Å². The molecule has 1 aliphatic rings. The van der Waals surface area contributed by atoms with E-state index in [0.717, 1.165) is 30.7 Å². The maximum atomic E-state index is 13.3. The Labute approximate surface area is 196 Å². The first kappa shape index (κ1) is 23.9. The minimum absolute atomic E-state index is 0.0858. The van der Waals surface area contributed by atoms with Crippen molar-refractivity contribution in [1.82, 2.24) is 19.7 Å². The predicted molar refractivity (Wildman–Crippen MR) is 121 cm³/mol. The highest BCUT2D eigenvalue weighted by Gasteiger charge is 2.32. The number of amides is 1. The molecule has 0 atom stereocenters. The third kappa shape index (κ3) is 5.30. The summed E-state index contributed by atoms with van der Waals surface area (Å²) in [5.41, 5.74) is 1.36. The van der Waals surface area contributed by atoms with Gasteiger partial charge in [0, 0.05) is 19.3 Å². The Balaban J connectivity index is 1.44. The van der Waals surface area contributed by atoms with Gasteiger partial charge in [-0.15, -0.1) is 0 Å². The number of pyridine rings is 1. The Morgan fingerprint density at radius 2 is 1.79 bits per heavy atom. The summed E-state index contributed by atoms with van der Waals surface area (Å²) in [5.74, 6) is 0.0180. The summed E-state index contributed by atoms with van der Waals surface area (Å²) in [6.45, 7) is 5.51. The predicted octanol–water partition coefficient (Wildman–Crippen LogP) is 5.23. The molecule has 0 spiro atoms. The monoisotopic (exact) mass is 472 g/mol. The number of rotatable bonds is 6. The van der Waals surface area contributed by atoms with E-state index in [0.29, 0.717) is 31.0 Å². The zero-order valence-corrected chi connectivity index (χ0v) is 19.1. The number of piperidine rings is 1. The van der Waals surface area contributed by atoms with Crippen LogP contribution >= 0.6 is 0 Å². The normalized spacial score (nSPS) is 15.2. The van der Waals surface area contributed by atoms with Crippen molar-refractivity contribution in [1.29, 1.82) is 0 Å². The van der Waals surface area contributed by atoms with Crippen molar-refractivity contribution in [3.05, 3.63) is 77.2 Å². The topological polar surface area (TPSA) is 60.3 Å². The zero-order chi connectivity index (χ0) is 24.3. The molecule has 3 aromatic rings. The van der Waals surface area contributed by atoms with E-state index >= 15 is 0 Å². The number of carbonyl (C=O) groups excluding carboxylic acids is 1. The number of hydrogen-bond donors (Lipinski definition) is 0. The van der Waals surface area contributed by atoms with Crippen molar-refractivity contribution in [2.24, 2.45) is 0 Å². The Hall–Kier alpha value is -3.20. The lowest BCUT2D eigenvalue weighted by Gasteiger charge is -2.32. The molecule has 6 nitrogen and oxygen atoms in total. The molecule has 2 aromatic heterocycles. The van der Waals surface area contributed by atoms with Gasteiger partial charge in [0.05, 0.1) is 35.7 Å². The largest absolute Gasteiger partial charge is 0.417 e. The van der Waals surface area contributed by atoms with Gasteiger partial charge >= 0.3 is 6.18 Å². The van der Waals surface area contributed by atoms with E-state index in [4.69, 9.17) is 4.74 Å². The Bertz CT molecular complexity index is 1100. The van der Waals surface area contributed by atoms with Crippen LogP contribution in [0.25, 0.3) is 5.82 Å².